The number of aromatic nitrogens is 4. The number of nitrogens with one attached hydrogen (secondary N) is 4. The Morgan fingerprint density at radius 1 is 0.692 bits per heavy atom. The Balaban J connectivity index is 0.973. The minimum atomic E-state index is -0.689. The van der Waals surface area contributed by atoms with Gasteiger partial charge in [-0.05, 0) is 120 Å². The van der Waals surface area contributed by atoms with Crippen molar-refractivity contribution < 1.29 is 28.7 Å². The van der Waals surface area contributed by atoms with E-state index in [-0.39, 0.29) is 41.1 Å². The van der Waals surface area contributed by atoms with Gasteiger partial charge in [0.1, 0.15) is 23.7 Å². The zero-order chi connectivity index (χ0) is 45.6. The number of imidazole rings is 2. The standard InChI is InChI=1S/C51H62N8O6/c1-29(2)43(56-49(62)64-5)47(60)58-25-9-11-40(58)45-52-28-39(55-45)32-15-13-31(14-16-32)34-18-19-35(42-36(34)21-24-51(42)22-7-8-23-51)33-17-20-37-38(27-33)54-46(53-37)41-12-10-26-59(41)48(61)44(30(3)4)57-50(63)65-6/h13-20,27-30,40-41,43-44H,7-12,21-26H2,1-6H3,(H,52,55)(H,53,54)(H,56,62)(H,57,63)/t40-,41-,43-,44-/m1/s1. The molecule has 4 heterocycles. The highest BCUT2D eigenvalue weighted by Crippen LogP contribution is 2.55. The molecule has 4 N–H and O–H groups in total. The molecule has 4 amide bonds. The number of hydrogen-bond donors (Lipinski definition) is 4. The molecule has 3 aromatic carbocycles. The first kappa shape index (κ1) is 44.0. The van der Waals surface area contributed by atoms with Crippen molar-refractivity contribution in [1.82, 2.24) is 40.4 Å². The second kappa shape index (κ2) is 18.0. The van der Waals surface area contributed by atoms with Crippen molar-refractivity contribution in [3.63, 3.8) is 0 Å². The maximum Gasteiger partial charge on any atom is 0.407 e. The molecule has 2 aliphatic heterocycles. The molecule has 4 aliphatic rings. The summed E-state index contributed by atoms with van der Waals surface area (Å²) in [4.78, 5) is 72.4. The minimum Gasteiger partial charge on any atom is -0.453 e. The summed E-state index contributed by atoms with van der Waals surface area (Å²) < 4.78 is 9.63. The van der Waals surface area contributed by atoms with Gasteiger partial charge in [-0.1, -0.05) is 83.0 Å². The van der Waals surface area contributed by atoms with Crippen LogP contribution >= 0.6 is 0 Å². The van der Waals surface area contributed by atoms with Crippen molar-refractivity contribution >= 4 is 35.0 Å². The van der Waals surface area contributed by atoms with E-state index in [2.05, 4.69) is 75.2 Å². The van der Waals surface area contributed by atoms with E-state index in [0.29, 0.717) is 13.1 Å². The predicted octanol–water partition coefficient (Wildman–Crippen LogP) is 9.13. The molecule has 2 aliphatic carbocycles. The molecule has 2 aromatic heterocycles. The molecular weight excluding hydrogens is 821 g/mol. The lowest BCUT2D eigenvalue weighted by atomic mass is 9.76. The number of methoxy groups -OCH3 is 2. The van der Waals surface area contributed by atoms with E-state index < -0.39 is 24.3 Å². The summed E-state index contributed by atoms with van der Waals surface area (Å²) in [6.07, 6.45) is 11.0. The highest BCUT2D eigenvalue weighted by atomic mass is 16.5. The normalized spacial score (nSPS) is 19.9. The molecule has 4 atom stereocenters. The molecule has 0 unspecified atom stereocenters. The molecular formula is C51H62N8O6. The van der Waals surface area contributed by atoms with Crippen LogP contribution in [0, 0.1) is 11.8 Å². The lowest BCUT2D eigenvalue weighted by Gasteiger charge is -2.30. The van der Waals surface area contributed by atoms with Crippen molar-refractivity contribution in [2.24, 2.45) is 11.8 Å². The lowest BCUT2D eigenvalue weighted by Crippen LogP contribution is -2.51. The summed E-state index contributed by atoms with van der Waals surface area (Å²) in [6, 6.07) is 18.1. The fraction of sp³-hybridized carbons (Fsp3) is 0.490. The fourth-order valence-electron chi connectivity index (χ4n) is 11.3. The zero-order valence-corrected chi connectivity index (χ0v) is 38.5. The van der Waals surface area contributed by atoms with Crippen LogP contribution in [0.2, 0.25) is 0 Å². The first-order valence-corrected chi connectivity index (χ1v) is 23.5. The van der Waals surface area contributed by atoms with Gasteiger partial charge in [-0.25, -0.2) is 19.6 Å². The van der Waals surface area contributed by atoms with Crippen LogP contribution in [0.25, 0.3) is 44.5 Å². The van der Waals surface area contributed by atoms with Crippen molar-refractivity contribution in [1.29, 1.82) is 0 Å². The Hall–Kier alpha value is -6.18. The molecule has 14 heteroatoms. The highest BCUT2D eigenvalue weighted by Gasteiger charge is 2.44. The van der Waals surface area contributed by atoms with Crippen LogP contribution in [-0.2, 0) is 30.9 Å². The number of alkyl carbamates (subject to hydrolysis) is 2. The SMILES string of the molecule is COC(=O)N[C@@H](C(=O)N1CCC[C@@H]1c1ncc(-c2ccc(-c3ccc(-c4ccc5nc([C@H]6CCCN6C(=O)[C@H](NC(=O)OC)C(C)C)[nH]c5c4)c4c3CCC43CCCC3)cc2)[nH]1)C(C)C. The molecule has 0 radical (unpaired) electrons. The first-order chi connectivity index (χ1) is 31.4. The van der Waals surface area contributed by atoms with E-state index in [1.165, 1.54) is 67.7 Å². The van der Waals surface area contributed by atoms with Gasteiger partial charge in [0, 0.05) is 13.1 Å². The van der Waals surface area contributed by atoms with Gasteiger partial charge in [-0.3, -0.25) is 9.59 Å². The second-order valence-corrected chi connectivity index (χ2v) is 19.2. The van der Waals surface area contributed by atoms with Crippen LogP contribution in [0.1, 0.15) is 120 Å². The maximum atomic E-state index is 13.8. The second-order valence-electron chi connectivity index (χ2n) is 19.2. The molecule has 9 rings (SSSR count). The van der Waals surface area contributed by atoms with E-state index in [0.717, 1.165) is 78.0 Å². The first-order valence-electron chi connectivity index (χ1n) is 23.5. The third-order valence-corrected chi connectivity index (χ3v) is 14.7. The van der Waals surface area contributed by atoms with E-state index >= 15 is 0 Å². The van der Waals surface area contributed by atoms with Crippen LogP contribution in [-0.4, -0.2) is 93.1 Å². The summed E-state index contributed by atoms with van der Waals surface area (Å²) in [5.41, 5.74) is 11.7. The summed E-state index contributed by atoms with van der Waals surface area (Å²) in [7, 11) is 2.61. The zero-order valence-electron chi connectivity index (χ0n) is 38.5. The Kier molecular flexibility index (Phi) is 12.2. The van der Waals surface area contributed by atoms with Crippen LogP contribution < -0.4 is 10.6 Å². The Labute approximate surface area is 380 Å². The minimum absolute atomic E-state index is 0.104. The molecule has 2 saturated heterocycles. The topological polar surface area (TPSA) is 175 Å². The van der Waals surface area contributed by atoms with Gasteiger partial charge in [0.05, 0.1) is 49.2 Å². The summed E-state index contributed by atoms with van der Waals surface area (Å²) >= 11 is 0. The van der Waals surface area contributed by atoms with Gasteiger partial charge < -0.3 is 39.9 Å². The molecule has 5 aromatic rings. The smallest absolute Gasteiger partial charge is 0.407 e. The number of amides is 4. The summed E-state index contributed by atoms with van der Waals surface area (Å²) in [6.45, 7) is 8.89. The lowest BCUT2D eigenvalue weighted by molar-refractivity contribution is -0.136. The Bertz CT molecular complexity index is 2590. The average molecular weight is 883 g/mol. The Morgan fingerprint density at radius 3 is 1.86 bits per heavy atom. The number of likely N-dealkylation sites (tertiary alicyclic amines) is 2. The van der Waals surface area contributed by atoms with E-state index in [4.69, 9.17) is 19.4 Å². The van der Waals surface area contributed by atoms with Gasteiger partial charge >= 0.3 is 12.2 Å². The number of hydrogen-bond acceptors (Lipinski definition) is 8. The largest absolute Gasteiger partial charge is 0.453 e. The van der Waals surface area contributed by atoms with Crippen molar-refractivity contribution in [3.05, 3.63) is 83.6 Å². The number of ether oxygens (including phenoxy) is 2. The predicted molar refractivity (Wildman–Crippen MR) is 249 cm³/mol. The number of H-pyrrole nitrogens is 2. The molecule has 3 fully saturated rings. The van der Waals surface area contributed by atoms with Crippen molar-refractivity contribution in [2.75, 3.05) is 27.3 Å². The third kappa shape index (κ3) is 8.25. The molecule has 65 heavy (non-hydrogen) atoms. The highest BCUT2D eigenvalue weighted by molar-refractivity contribution is 5.89. The fourth-order valence-corrected chi connectivity index (χ4v) is 11.3. The molecule has 342 valence electrons. The van der Waals surface area contributed by atoms with Gasteiger partial charge in [0.25, 0.3) is 0 Å². The van der Waals surface area contributed by atoms with Gasteiger partial charge in [0.15, 0.2) is 0 Å². The monoisotopic (exact) mass is 882 g/mol. The number of nitrogens with zero attached hydrogens (tertiary/aromatic N) is 4. The molecule has 14 nitrogen and oxygen atoms in total. The van der Waals surface area contributed by atoms with Crippen LogP contribution in [0.5, 0.6) is 0 Å². The van der Waals surface area contributed by atoms with E-state index in [1.54, 1.807) is 0 Å². The average Bonchev–Trinajstić information content (AvgIpc) is 4.18. The van der Waals surface area contributed by atoms with Gasteiger partial charge in [-0.2, -0.15) is 0 Å². The maximum absolute atomic E-state index is 13.8. The van der Waals surface area contributed by atoms with Gasteiger partial charge in [-0.15, -0.1) is 0 Å². The van der Waals surface area contributed by atoms with Crippen molar-refractivity contribution in [2.45, 2.75) is 121 Å². The van der Waals surface area contributed by atoms with Crippen molar-refractivity contribution in [3.8, 4) is 33.5 Å². The van der Waals surface area contributed by atoms with Crippen LogP contribution in [0.4, 0.5) is 9.59 Å². The molecule has 1 saturated carbocycles. The number of carbonyl (C=O) groups excluding carboxylic acids is 4. The number of aromatic amines is 2. The third-order valence-electron chi connectivity index (χ3n) is 14.7. The van der Waals surface area contributed by atoms with E-state index in [1.807, 2.05) is 43.7 Å². The van der Waals surface area contributed by atoms with Crippen LogP contribution in [0.3, 0.4) is 0 Å². The number of fused-ring (bicyclic) bond motifs is 3. The van der Waals surface area contributed by atoms with E-state index in [9.17, 15) is 19.2 Å². The Morgan fingerprint density at radius 2 is 1.26 bits per heavy atom. The van der Waals surface area contributed by atoms with Gasteiger partial charge in [0.2, 0.25) is 11.8 Å². The number of carbonyl (C=O) groups is 4. The van der Waals surface area contributed by atoms with Crippen LogP contribution in [0.15, 0.2) is 60.8 Å². The molecule has 0 bridgehead atoms. The quantitative estimate of drug-likeness (QED) is 0.102. The molecule has 1 spiro atoms. The number of rotatable bonds is 11. The summed E-state index contributed by atoms with van der Waals surface area (Å²) in [5.74, 6) is 1.06. The number of benzene rings is 3. The summed E-state index contributed by atoms with van der Waals surface area (Å²) in [5, 5.41) is 5.47.